The number of rotatable bonds is 8. The van der Waals surface area contributed by atoms with Crippen molar-refractivity contribution in [2.24, 2.45) is 0 Å². The Labute approximate surface area is 174 Å². The van der Waals surface area contributed by atoms with Crippen LogP contribution in [-0.2, 0) is 11.2 Å². The maximum atomic E-state index is 12.3. The summed E-state index contributed by atoms with van der Waals surface area (Å²) < 4.78 is 7.37. The Balaban J connectivity index is 1.24. The van der Waals surface area contributed by atoms with Crippen LogP contribution in [0.15, 0.2) is 71.7 Å². The smallest absolute Gasteiger partial charge is 0.247 e. The summed E-state index contributed by atoms with van der Waals surface area (Å²) in [7, 11) is 0. The van der Waals surface area contributed by atoms with Crippen molar-refractivity contribution in [1.82, 2.24) is 30.3 Å². The number of carbonyl (C=O) groups is 1. The molecule has 1 amide bonds. The number of aryl methyl sites for hydroxylation is 1. The summed E-state index contributed by atoms with van der Waals surface area (Å²) in [6.45, 7) is 1.96. The maximum absolute atomic E-state index is 12.3. The molecular formula is C22H22N6O2. The number of nitrogens with zero attached hydrogens (tertiary/aromatic N) is 5. The SMILES string of the molecule is CC(NC(=O)CCCc1nnc(-c2ccccc2)o1)c1ccc(-n2cncn2)cc1. The van der Waals surface area contributed by atoms with E-state index in [1.165, 1.54) is 6.33 Å². The highest BCUT2D eigenvalue weighted by Gasteiger charge is 2.12. The van der Waals surface area contributed by atoms with Gasteiger partial charge in [-0.1, -0.05) is 30.3 Å². The van der Waals surface area contributed by atoms with Crippen LogP contribution < -0.4 is 5.32 Å². The molecule has 0 bridgehead atoms. The Bertz CT molecular complexity index is 1070. The zero-order valence-electron chi connectivity index (χ0n) is 16.6. The lowest BCUT2D eigenvalue weighted by Crippen LogP contribution is -2.26. The van der Waals surface area contributed by atoms with E-state index in [0.29, 0.717) is 31.0 Å². The lowest BCUT2D eigenvalue weighted by Gasteiger charge is -2.14. The van der Waals surface area contributed by atoms with Gasteiger partial charge in [0.05, 0.1) is 11.7 Å². The van der Waals surface area contributed by atoms with Crippen molar-refractivity contribution in [1.29, 1.82) is 0 Å². The molecule has 0 fully saturated rings. The Morgan fingerprint density at radius 3 is 2.63 bits per heavy atom. The van der Waals surface area contributed by atoms with E-state index < -0.39 is 0 Å². The molecule has 152 valence electrons. The van der Waals surface area contributed by atoms with Gasteiger partial charge in [-0.05, 0) is 43.2 Å². The maximum Gasteiger partial charge on any atom is 0.247 e. The van der Waals surface area contributed by atoms with E-state index in [-0.39, 0.29) is 11.9 Å². The number of aromatic nitrogens is 5. The number of amides is 1. The standard InChI is InChI=1S/C22H22N6O2/c1-16(17-10-12-19(13-11-17)28-15-23-14-24-28)25-20(29)8-5-9-21-26-27-22(30-21)18-6-3-2-4-7-18/h2-4,6-7,10-16H,5,8-9H2,1H3,(H,25,29). The molecule has 1 unspecified atom stereocenters. The van der Waals surface area contributed by atoms with Crippen LogP contribution >= 0.6 is 0 Å². The van der Waals surface area contributed by atoms with E-state index >= 15 is 0 Å². The zero-order valence-corrected chi connectivity index (χ0v) is 16.6. The summed E-state index contributed by atoms with van der Waals surface area (Å²) in [5, 5.41) is 15.3. The predicted octanol–water partition coefficient (Wildman–Crippen LogP) is 3.52. The monoisotopic (exact) mass is 402 g/mol. The first-order valence-electron chi connectivity index (χ1n) is 9.81. The lowest BCUT2D eigenvalue weighted by atomic mass is 10.1. The average Bonchev–Trinajstić information content (AvgIpc) is 3.47. The molecule has 8 nitrogen and oxygen atoms in total. The molecule has 2 heterocycles. The van der Waals surface area contributed by atoms with Gasteiger partial charge in [-0.2, -0.15) is 5.10 Å². The van der Waals surface area contributed by atoms with E-state index in [2.05, 4.69) is 25.6 Å². The highest BCUT2D eigenvalue weighted by atomic mass is 16.4. The number of nitrogens with one attached hydrogen (secondary N) is 1. The fourth-order valence-electron chi connectivity index (χ4n) is 3.11. The van der Waals surface area contributed by atoms with Gasteiger partial charge >= 0.3 is 0 Å². The number of hydrogen-bond acceptors (Lipinski definition) is 6. The molecule has 0 saturated heterocycles. The quantitative estimate of drug-likeness (QED) is 0.484. The van der Waals surface area contributed by atoms with Gasteiger partial charge in [-0.25, -0.2) is 9.67 Å². The van der Waals surface area contributed by atoms with Crippen LogP contribution in [0.5, 0.6) is 0 Å². The molecule has 30 heavy (non-hydrogen) atoms. The topological polar surface area (TPSA) is 98.7 Å². The van der Waals surface area contributed by atoms with Crippen LogP contribution in [0.2, 0.25) is 0 Å². The van der Waals surface area contributed by atoms with Crippen molar-refractivity contribution in [3.05, 3.63) is 78.7 Å². The Hall–Kier alpha value is -3.81. The molecule has 0 aliphatic rings. The minimum atomic E-state index is -0.0876. The van der Waals surface area contributed by atoms with Crippen LogP contribution in [0.1, 0.15) is 37.3 Å². The molecule has 4 rings (SSSR count). The second-order valence-electron chi connectivity index (χ2n) is 6.94. The molecule has 0 spiro atoms. The summed E-state index contributed by atoms with van der Waals surface area (Å²) in [5.74, 6) is 1.03. The Morgan fingerprint density at radius 2 is 1.90 bits per heavy atom. The third kappa shape index (κ3) is 4.78. The summed E-state index contributed by atoms with van der Waals surface area (Å²) in [6, 6.07) is 17.4. The highest BCUT2D eigenvalue weighted by molar-refractivity contribution is 5.76. The van der Waals surface area contributed by atoms with E-state index in [1.54, 1.807) is 11.0 Å². The van der Waals surface area contributed by atoms with Crippen molar-refractivity contribution in [2.75, 3.05) is 0 Å². The summed E-state index contributed by atoms with van der Waals surface area (Å²) >= 11 is 0. The van der Waals surface area contributed by atoms with Crippen LogP contribution in [0.25, 0.3) is 17.1 Å². The van der Waals surface area contributed by atoms with Crippen molar-refractivity contribution in [2.45, 2.75) is 32.2 Å². The van der Waals surface area contributed by atoms with Gasteiger partial charge in [0.15, 0.2) is 0 Å². The van der Waals surface area contributed by atoms with Gasteiger partial charge in [-0.15, -0.1) is 10.2 Å². The fourth-order valence-corrected chi connectivity index (χ4v) is 3.11. The third-order valence-corrected chi connectivity index (χ3v) is 4.74. The van der Waals surface area contributed by atoms with Gasteiger partial charge < -0.3 is 9.73 Å². The lowest BCUT2D eigenvalue weighted by molar-refractivity contribution is -0.121. The molecule has 0 aliphatic carbocycles. The van der Waals surface area contributed by atoms with E-state index in [1.807, 2.05) is 61.5 Å². The van der Waals surface area contributed by atoms with E-state index in [9.17, 15) is 4.79 Å². The number of carbonyl (C=O) groups excluding carboxylic acids is 1. The molecular weight excluding hydrogens is 380 g/mol. The van der Waals surface area contributed by atoms with Crippen molar-refractivity contribution in [3.8, 4) is 17.1 Å². The predicted molar refractivity (Wildman–Crippen MR) is 111 cm³/mol. The third-order valence-electron chi connectivity index (χ3n) is 4.74. The molecule has 1 atom stereocenters. The molecule has 8 heteroatoms. The summed E-state index contributed by atoms with van der Waals surface area (Å²) in [4.78, 5) is 16.2. The number of hydrogen-bond donors (Lipinski definition) is 1. The molecule has 0 radical (unpaired) electrons. The molecule has 0 saturated carbocycles. The van der Waals surface area contributed by atoms with Gasteiger partial charge in [0.25, 0.3) is 0 Å². The van der Waals surface area contributed by atoms with Gasteiger partial charge in [0.2, 0.25) is 17.7 Å². The minimum Gasteiger partial charge on any atom is -0.421 e. The second kappa shape index (κ2) is 9.13. The average molecular weight is 402 g/mol. The molecule has 0 aliphatic heterocycles. The summed E-state index contributed by atoms with van der Waals surface area (Å²) in [5.41, 5.74) is 2.83. The Kier molecular flexibility index (Phi) is 5.93. The first-order valence-corrected chi connectivity index (χ1v) is 9.81. The van der Waals surface area contributed by atoms with Gasteiger partial charge in [0.1, 0.15) is 12.7 Å². The number of benzene rings is 2. The first kappa shape index (κ1) is 19.5. The van der Waals surface area contributed by atoms with Gasteiger partial charge in [-0.3, -0.25) is 4.79 Å². The van der Waals surface area contributed by atoms with Crippen LogP contribution in [0.3, 0.4) is 0 Å². The van der Waals surface area contributed by atoms with Crippen LogP contribution in [0.4, 0.5) is 0 Å². The molecule has 2 aromatic carbocycles. The zero-order chi connectivity index (χ0) is 20.8. The van der Waals surface area contributed by atoms with Crippen LogP contribution in [0, 0.1) is 0 Å². The largest absolute Gasteiger partial charge is 0.421 e. The summed E-state index contributed by atoms with van der Waals surface area (Å²) in [6.07, 6.45) is 4.73. The van der Waals surface area contributed by atoms with Crippen molar-refractivity contribution < 1.29 is 9.21 Å². The van der Waals surface area contributed by atoms with Crippen molar-refractivity contribution >= 4 is 5.91 Å². The second-order valence-corrected chi connectivity index (χ2v) is 6.94. The molecule has 2 aromatic heterocycles. The van der Waals surface area contributed by atoms with Gasteiger partial charge in [0, 0.05) is 18.4 Å². The fraction of sp³-hybridized carbons (Fsp3) is 0.227. The first-order chi connectivity index (χ1) is 14.7. The highest BCUT2D eigenvalue weighted by Crippen LogP contribution is 2.18. The molecule has 1 N–H and O–H groups in total. The normalized spacial score (nSPS) is 11.9. The van der Waals surface area contributed by atoms with E-state index in [0.717, 1.165) is 16.8 Å². The minimum absolute atomic E-state index is 0.00866. The van der Waals surface area contributed by atoms with Crippen molar-refractivity contribution in [3.63, 3.8) is 0 Å². The Morgan fingerprint density at radius 1 is 1.10 bits per heavy atom. The molecule has 4 aromatic rings. The van der Waals surface area contributed by atoms with Crippen LogP contribution in [-0.4, -0.2) is 30.9 Å². The van der Waals surface area contributed by atoms with E-state index in [4.69, 9.17) is 4.42 Å².